The first-order valence-electron chi connectivity index (χ1n) is 11.3. The molecule has 0 unspecified atom stereocenters. The number of piperidine rings is 1. The molecule has 2 aromatic rings. The minimum Gasteiger partial charge on any atom is -0.352 e. The van der Waals surface area contributed by atoms with Gasteiger partial charge in [-0.2, -0.15) is 9.40 Å². The summed E-state index contributed by atoms with van der Waals surface area (Å²) in [6.07, 6.45) is 4.76. The highest BCUT2D eigenvalue weighted by Crippen LogP contribution is 2.23. The van der Waals surface area contributed by atoms with Crippen molar-refractivity contribution in [1.82, 2.24) is 24.3 Å². The van der Waals surface area contributed by atoms with Crippen LogP contribution >= 0.6 is 0 Å². The van der Waals surface area contributed by atoms with Gasteiger partial charge in [0.2, 0.25) is 10.0 Å². The van der Waals surface area contributed by atoms with Crippen molar-refractivity contribution in [2.45, 2.75) is 38.5 Å². The fourth-order valence-corrected chi connectivity index (χ4v) is 5.58. The summed E-state index contributed by atoms with van der Waals surface area (Å²) in [5.74, 6) is -0.0180. The van der Waals surface area contributed by atoms with Gasteiger partial charge >= 0.3 is 0 Å². The molecule has 0 atom stereocenters. The van der Waals surface area contributed by atoms with Crippen LogP contribution in [0.3, 0.4) is 0 Å². The largest absolute Gasteiger partial charge is 0.352 e. The van der Waals surface area contributed by atoms with Gasteiger partial charge in [-0.15, -0.1) is 0 Å². The lowest BCUT2D eigenvalue weighted by Gasteiger charge is -2.32. The molecule has 33 heavy (non-hydrogen) atoms. The third-order valence-electron chi connectivity index (χ3n) is 6.20. The number of likely N-dealkylation sites (tertiary alicyclic amines) is 1. The van der Waals surface area contributed by atoms with E-state index in [-0.39, 0.29) is 22.6 Å². The molecule has 1 aromatic carbocycles. The molecule has 0 aliphatic carbocycles. The van der Waals surface area contributed by atoms with E-state index >= 15 is 0 Å². The summed E-state index contributed by atoms with van der Waals surface area (Å²) in [7, 11) is -1.87. The number of sulfonamides is 1. The number of hydrogen-bond acceptors (Lipinski definition) is 5. The number of carbonyl (C=O) groups is 2. The van der Waals surface area contributed by atoms with E-state index in [1.165, 1.54) is 16.6 Å². The lowest BCUT2D eigenvalue weighted by Crippen LogP contribution is -2.41. The van der Waals surface area contributed by atoms with E-state index in [4.69, 9.17) is 0 Å². The Labute approximate surface area is 195 Å². The highest BCUT2D eigenvalue weighted by atomic mass is 32.2. The normalized spacial score (nSPS) is 15.1. The molecule has 1 aliphatic heterocycles. The number of aryl methyl sites for hydroxylation is 2. The van der Waals surface area contributed by atoms with Crippen molar-refractivity contribution < 1.29 is 18.0 Å². The second-order valence-corrected chi connectivity index (χ2v) is 10.4. The minimum atomic E-state index is -3.63. The van der Waals surface area contributed by atoms with Crippen LogP contribution in [0.15, 0.2) is 35.5 Å². The SMILES string of the molecule is CCN(CC)S(=O)(=O)c1ccc(C)c(C(=O)N2CCC(CNC(=O)c3cnn(C)c3)CC2)c1. The van der Waals surface area contributed by atoms with Gasteiger partial charge in [-0.1, -0.05) is 19.9 Å². The first-order valence-corrected chi connectivity index (χ1v) is 12.8. The molecule has 3 rings (SSSR count). The maximum absolute atomic E-state index is 13.2. The van der Waals surface area contributed by atoms with E-state index < -0.39 is 10.0 Å². The third-order valence-corrected chi connectivity index (χ3v) is 8.25. The number of nitrogens with one attached hydrogen (secondary N) is 1. The van der Waals surface area contributed by atoms with Crippen LogP contribution in [0.25, 0.3) is 0 Å². The summed E-state index contributed by atoms with van der Waals surface area (Å²) in [6.45, 7) is 7.85. The van der Waals surface area contributed by atoms with Gasteiger partial charge in [0.05, 0.1) is 16.7 Å². The van der Waals surface area contributed by atoms with Crippen LogP contribution in [0, 0.1) is 12.8 Å². The van der Waals surface area contributed by atoms with Crippen LogP contribution in [-0.2, 0) is 17.1 Å². The van der Waals surface area contributed by atoms with Crippen LogP contribution < -0.4 is 5.32 Å². The molecule has 0 spiro atoms. The van der Waals surface area contributed by atoms with Crippen LogP contribution in [0.1, 0.15) is 53.0 Å². The molecule has 2 heterocycles. The first kappa shape index (κ1) is 24.9. The van der Waals surface area contributed by atoms with Gasteiger partial charge in [-0.3, -0.25) is 14.3 Å². The summed E-state index contributed by atoms with van der Waals surface area (Å²) in [6, 6.07) is 4.77. The van der Waals surface area contributed by atoms with Gasteiger partial charge in [0, 0.05) is 51.5 Å². The van der Waals surface area contributed by atoms with Gasteiger partial charge in [-0.05, 0) is 43.4 Å². The molecule has 180 valence electrons. The summed E-state index contributed by atoms with van der Waals surface area (Å²) in [5.41, 5.74) is 1.70. The zero-order valence-electron chi connectivity index (χ0n) is 19.7. The molecule has 2 amide bonds. The Balaban J connectivity index is 1.62. The molecule has 9 nitrogen and oxygen atoms in total. The summed E-state index contributed by atoms with van der Waals surface area (Å²) < 4.78 is 28.8. The number of hydrogen-bond donors (Lipinski definition) is 1. The predicted octanol–water partition coefficient (Wildman–Crippen LogP) is 2.04. The number of carbonyl (C=O) groups excluding carboxylic acids is 2. The fourth-order valence-electron chi connectivity index (χ4n) is 4.09. The quantitative estimate of drug-likeness (QED) is 0.629. The summed E-state index contributed by atoms with van der Waals surface area (Å²) in [5, 5.41) is 6.95. The van der Waals surface area contributed by atoms with Gasteiger partial charge < -0.3 is 10.2 Å². The smallest absolute Gasteiger partial charge is 0.254 e. The van der Waals surface area contributed by atoms with E-state index in [2.05, 4.69) is 10.4 Å². The molecule has 1 aliphatic rings. The summed E-state index contributed by atoms with van der Waals surface area (Å²) >= 11 is 0. The Morgan fingerprint density at radius 2 is 1.85 bits per heavy atom. The molecular formula is C23H33N5O4S. The zero-order chi connectivity index (χ0) is 24.2. The van der Waals surface area contributed by atoms with Gasteiger partial charge in [0.1, 0.15) is 0 Å². The zero-order valence-corrected chi connectivity index (χ0v) is 20.6. The summed E-state index contributed by atoms with van der Waals surface area (Å²) in [4.78, 5) is 27.3. The first-order chi connectivity index (χ1) is 15.7. The molecule has 0 radical (unpaired) electrons. The molecule has 10 heteroatoms. The van der Waals surface area contributed by atoms with Crippen molar-refractivity contribution in [2.24, 2.45) is 13.0 Å². The van der Waals surface area contributed by atoms with Crippen LogP contribution in [0.5, 0.6) is 0 Å². The monoisotopic (exact) mass is 475 g/mol. The van der Waals surface area contributed by atoms with Crippen molar-refractivity contribution in [3.05, 3.63) is 47.3 Å². The van der Waals surface area contributed by atoms with E-state index in [1.807, 2.05) is 6.92 Å². The standard InChI is InChI=1S/C23H33N5O4S/c1-5-28(6-2)33(31,32)20-8-7-17(3)21(13-20)23(30)27-11-9-18(10-12-27)14-24-22(29)19-15-25-26(4)16-19/h7-8,13,15-16,18H,5-6,9-12,14H2,1-4H3,(H,24,29). The third kappa shape index (κ3) is 5.62. The second kappa shape index (κ2) is 10.5. The van der Waals surface area contributed by atoms with Crippen molar-refractivity contribution in [1.29, 1.82) is 0 Å². The average Bonchev–Trinajstić information content (AvgIpc) is 3.24. The number of aromatic nitrogens is 2. The molecule has 1 saturated heterocycles. The van der Waals surface area contributed by atoms with Gasteiger partial charge in [0.25, 0.3) is 11.8 Å². The van der Waals surface area contributed by atoms with Gasteiger partial charge in [0.15, 0.2) is 0 Å². The lowest BCUT2D eigenvalue weighted by molar-refractivity contribution is 0.0683. The second-order valence-electron chi connectivity index (χ2n) is 8.41. The fraction of sp³-hybridized carbons (Fsp3) is 0.522. The van der Waals surface area contributed by atoms with Gasteiger partial charge in [-0.25, -0.2) is 8.42 Å². The number of amides is 2. The van der Waals surface area contributed by atoms with E-state index in [9.17, 15) is 18.0 Å². The lowest BCUT2D eigenvalue weighted by atomic mass is 9.95. The highest BCUT2D eigenvalue weighted by molar-refractivity contribution is 7.89. The Morgan fingerprint density at radius 3 is 2.42 bits per heavy atom. The van der Waals surface area contributed by atoms with Crippen molar-refractivity contribution >= 4 is 21.8 Å². The Hall–Kier alpha value is -2.72. The Kier molecular flexibility index (Phi) is 7.91. The highest BCUT2D eigenvalue weighted by Gasteiger charge is 2.27. The molecule has 1 fully saturated rings. The minimum absolute atomic E-state index is 0.146. The molecule has 1 aromatic heterocycles. The maximum Gasteiger partial charge on any atom is 0.254 e. The Bertz CT molecular complexity index is 1100. The Morgan fingerprint density at radius 1 is 1.18 bits per heavy atom. The van der Waals surface area contributed by atoms with Crippen molar-refractivity contribution in [2.75, 3.05) is 32.7 Å². The number of rotatable bonds is 8. The predicted molar refractivity (Wildman–Crippen MR) is 125 cm³/mol. The van der Waals surface area contributed by atoms with Crippen LogP contribution in [0.2, 0.25) is 0 Å². The molecule has 0 saturated carbocycles. The average molecular weight is 476 g/mol. The number of benzene rings is 1. The van der Waals surface area contributed by atoms with E-state index in [0.717, 1.165) is 18.4 Å². The topological polar surface area (TPSA) is 105 Å². The molecular weight excluding hydrogens is 442 g/mol. The maximum atomic E-state index is 13.2. The number of nitrogens with zero attached hydrogens (tertiary/aromatic N) is 4. The van der Waals surface area contributed by atoms with Crippen LogP contribution in [-0.4, -0.2) is 71.9 Å². The van der Waals surface area contributed by atoms with Crippen LogP contribution in [0.4, 0.5) is 0 Å². The molecule has 0 bridgehead atoms. The molecule has 1 N–H and O–H groups in total. The van der Waals surface area contributed by atoms with Crippen molar-refractivity contribution in [3.8, 4) is 0 Å². The van der Waals surface area contributed by atoms with E-state index in [0.29, 0.717) is 43.9 Å². The van der Waals surface area contributed by atoms with E-state index in [1.54, 1.807) is 48.8 Å². The van der Waals surface area contributed by atoms with Crippen molar-refractivity contribution in [3.63, 3.8) is 0 Å².